The van der Waals surface area contributed by atoms with E-state index in [9.17, 15) is 4.79 Å². The number of benzene rings is 1. The number of likely N-dealkylation sites (tertiary alicyclic amines) is 1. The second-order valence-corrected chi connectivity index (χ2v) is 7.10. The Hall–Kier alpha value is -1.75. The summed E-state index contributed by atoms with van der Waals surface area (Å²) in [4.78, 5) is 14.7. The van der Waals surface area contributed by atoms with Gasteiger partial charge in [-0.15, -0.1) is 0 Å². The summed E-state index contributed by atoms with van der Waals surface area (Å²) in [6.07, 6.45) is 3.27. The zero-order chi connectivity index (χ0) is 16.6. The van der Waals surface area contributed by atoms with Crippen molar-refractivity contribution >= 4 is 27.5 Å². The van der Waals surface area contributed by atoms with Crippen LogP contribution in [-0.4, -0.2) is 22.9 Å². The molecular formula is C18H21BrN2O2. The van der Waals surface area contributed by atoms with Gasteiger partial charge in [-0.1, -0.05) is 0 Å². The predicted molar refractivity (Wildman–Crippen MR) is 95.2 cm³/mol. The van der Waals surface area contributed by atoms with Crippen LogP contribution >= 0.6 is 15.9 Å². The summed E-state index contributed by atoms with van der Waals surface area (Å²) < 4.78 is 6.66. The minimum Gasteiger partial charge on any atom is -0.451 e. The van der Waals surface area contributed by atoms with Gasteiger partial charge in [0, 0.05) is 27.8 Å². The van der Waals surface area contributed by atoms with Crippen LogP contribution in [0.15, 0.2) is 39.2 Å². The summed E-state index contributed by atoms with van der Waals surface area (Å²) in [6.45, 7) is 4.21. The monoisotopic (exact) mass is 376 g/mol. The van der Waals surface area contributed by atoms with Crippen molar-refractivity contribution in [1.82, 2.24) is 4.90 Å². The lowest BCUT2D eigenvalue weighted by atomic mass is 9.97. The van der Waals surface area contributed by atoms with Gasteiger partial charge in [-0.05, 0) is 79.4 Å². The number of nitrogens with two attached hydrogens (primary N) is 1. The maximum absolute atomic E-state index is 12.8. The molecule has 2 heterocycles. The first-order chi connectivity index (χ1) is 11.0. The fraction of sp³-hybridized carbons (Fsp3) is 0.389. The van der Waals surface area contributed by atoms with Crippen molar-refractivity contribution in [1.29, 1.82) is 0 Å². The van der Waals surface area contributed by atoms with Gasteiger partial charge >= 0.3 is 0 Å². The molecule has 1 fully saturated rings. The van der Waals surface area contributed by atoms with Crippen molar-refractivity contribution in [2.75, 3.05) is 5.73 Å². The minimum atomic E-state index is -0.0268. The highest BCUT2D eigenvalue weighted by atomic mass is 79.9. The standard InChI is InChI=1S/C18H21BrN2O2/c1-11-4-3-5-12(2)21(11)18(22)17-9-8-16(23-17)13-6-7-14(19)15(20)10-13/h6-12H,3-5,20H2,1-2H3. The number of rotatable bonds is 2. The van der Waals surface area contributed by atoms with Crippen LogP contribution in [0.2, 0.25) is 0 Å². The minimum absolute atomic E-state index is 0.0268. The van der Waals surface area contributed by atoms with E-state index < -0.39 is 0 Å². The Kier molecular flexibility index (Phi) is 4.48. The van der Waals surface area contributed by atoms with E-state index in [4.69, 9.17) is 10.2 Å². The Morgan fingerprint density at radius 1 is 1.22 bits per heavy atom. The largest absolute Gasteiger partial charge is 0.451 e. The van der Waals surface area contributed by atoms with Crippen LogP contribution in [0.3, 0.4) is 0 Å². The zero-order valence-corrected chi connectivity index (χ0v) is 15.0. The van der Waals surface area contributed by atoms with E-state index >= 15 is 0 Å². The average molecular weight is 377 g/mol. The Labute approximate surface area is 144 Å². The third kappa shape index (κ3) is 3.15. The van der Waals surface area contributed by atoms with Crippen LogP contribution < -0.4 is 5.73 Å². The Morgan fingerprint density at radius 3 is 2.57 bits per heavy atom. The molecule has 122 valence electrons. The molecule has 2 aromatic rings. The van der Waals surface area contributed by atoms with Gasteiger partial charge in [-0.2, -0.15) is 0 Å². The van der Waals surface area contributed by atoms with Crippen molar-refractivity contribution in [2.45, 2.75) is 45.2 Å². The number of furan rings is 1. The number of hydrogen-bond donors (Lipinski definition) is 1. The maximum Gasteiger partial charge on any atom is 0.290 e. The van der Waals surface area contributed by atoms with Gasteiger partial charge in [0.05, 0.1) is 0 Å². The first-order valence-corrected chi connectivity index (χ1v) is 8.74. The fourth-order valence-corrected chi connectivity index (χ4v) is 3.50. The number of nitrogen functional groups attached to an aromatic ring is 1. The second kappa shape index (κ2) is 6.40. The molecule has 3 rings (SSSR count). The van der Waals surface area contributed by atoms with E-state index in [1.165, 1.54) is 6.42 Å². The molecule has 0 spiro atoms. The van der Waals surface area contributed by atoms with Crippen LogP contribution in [0.5, 0.6) is 0 Å². The average Bonchev–Trinajstić information content (AvgIpc) is 2.99. The molecule has 0 aliphatic carbocycles. The van der Waals surface area contributed by atoms with Crippen molar-refractivity contribution in [3.8, 4) is 11.3 Å². The summed E-state index contributed by atoms with van der Waals surface area (Å²) in [7, 11) is 0. The van der Waals surface area contributed by atoms with Gasteiger partial charge in [0.1, 0.15) is 5.76 Å². The smallest absolute Gasteiger partial charge is 0.290 e. The Morgan fingerprint density at radius 2 is 1.91 bits per heavy atom. The molecule has 23 heavy (non-hydrogen) atoms. The first-order valence-electron chi connectivity index (χ1n) is 7.95. The number of anilines is 1. The molecule has 5 heteroatoms. The third-order valence-corrected chi connectivity index (χ3v) is 5.25. The third-order valence-electron chi connectivity index (χ3n) is 4.53. The van der Waals surface area contributed by atoms with Gasteiger partial charge in [0.25, 0.3) is 5.91 Å². The number of carbonyl (C=O) groups excluding carboxylic acids is 1. The second-order valence-electron chi connectivity index (χ2n) is 6.24. The summed E-state index contributed by atoms with van der Waals surface area (Å²) in [5.74, 6) is 1.02. The lowest BCUT2D eigenvalue weighted by molar-refractivity contribution is 0.0479. The molecule has 0 radical (unpaired) electrons. The van der Waals surface area contributed by atoms with E-state index in [2.05, 4.69) is 29.8 Å². The van der Waals surface area contributed by atoms with E-state index in [0.29, 0.717) is 17.2 Å². The number of nitrogens with zero attached hydrogens (tertiary/aromatic N) is 1. The number of hydrogen-bond acceptors (Lipinski definition) is 3. The molecule has 2 atom stereocenters. The predicted octanol–water partition coefficient (Wildman–Crippen LogP) is 4.69. The van der Waals surface area contributed by atoms with Gasteiger partial charge in [-0.3, -0.25) is 4.79 Å². The van der Waals surface area contributed by atoms with Gasteiger partial charge in [0.2, 0.25) is 0 Å². The van der Waals surface area contributed by atoms with Crippen molar-refractivity contribution in [3.05, 3.63) is 40.6 Å². The molecule has 1 saturated heterocycles. The van der Waals surface area contributed by atoms with Crippen LogP contribution in [0.4, 0.5) is 5.69 Å². The first kappa shape index (κ1) is 16.1. The molecular weight excluding hydrogens is 356 g/mol. The van der Waals surface area contributed by atoms with Crippen LogP contribution in [0.1, 0.15) is 43.7 Å². The highest BCUT2D eigenvalue weighted by molar-refractivity contribution is 9.10. The lowest BCUT2D eigenvalue weighted by Crippen LogP contribution is -2.47. The van der Waals surface area contributed by atoms with Crippen LogP contribution in [0, 0.1) is 0 Å². The Balaban J connectivity index is 1.86. The van der Waals surface area contributed by atoms with Crippen molar-refractivity contribution in [3.63, 3.8) is 0 Å². The van der Waals surface area contributed by atoms with Gasteiger partial charge in [-0.25, -0.2) is 0 Å². The summed E-state index contributed by atoms with van der Waals surface area (Å²) in [5.41, 5.74) is 7.42. The Bertz CT molecular complexity index is 716. The lowest BCUT2D eigenvalue weighted by Gasteiger charge is -2.38. The number of carbonyl (C=O) groups is 1. The van der Waals surface area contributed by atoms with E-state index in [1.807, 2.05) is 29.2 Å². The summed E-state index contributed by atoms with van der Waals surface area (Å²) >= 11 is 3.38. The molecule has 2 N–H and O–H groups in total. The van der Waals surface area contributed by atoms with E-state index in [-0.39, 0.29) is 18.0 Å². The van der Waals surface area contributed by atoms with Crippen LogP contribution in [-0.2, 0) is 0 Å². The number of halogens is 1. The molecule has 2 unspecified atom stereocenters. The molecule has 1 aromatic carbocycles. The van der Waals surface area contributed by atoms with Gasteiger partial charge < -0.3 is 15.1 Å². The number of piperidine rings is 1. The summed E-state index contributed by atoms with van der Waals surface area (Å²) in [6, 6.07) is 9.72. The maximum atomic E-state index is 12.8. The van der Waals surface area contributed by atoms with Gasteiger partial charge in [0.15, 0.2) is 5.76 Å². The molecule has 1 aliphatic rings. The normalized spacial score (nSPS) is 21.4. The summed E-state index contributed by atoms with van der Waals surface area (Å²) in [5, 5.41) is 0. The van der Waals surface area contributed by atoms with Crippen molar-refractivity contribution in [2.24, 2.45) is 0 Å². The molecule has 0 saturated carbocycles. The van der Waals surface area contributed by atoms with Crippen molar-refractivity contribution < 1.29 is 9.21 Å². The van der Waals surface area contributed by atoms with Crippen LogP contribution in [0.25, 0.3) is 11.3 Å². The molecule has 4 nitrogen and oxygen atoms in total. The van der Waals surface area contributed by atoms with E-state index in [1.54, 1.807) is 6.07 Å². The molecule has 0 bridgehead atoms. The molecule has 1 aromatic heterocycles. The zero-order valence-electron chi connectivity index (χ0n) is 13.4. The quantitative estimate of drug-likeness (QED) is 0.772. The number of amides is 1. The SMILES string of the molecule is CC1CCCC(C)N1C(=O)c1ccc(-c2ccc(Br)c(N)c2)o1. The molecule has 1 amide bonds. The topological polar surface area (TPSA) is 59.5 Å². The van der Waals surface area contributed by atoms with E-state index in [0.717, 1.165) is 22.9 Å². The highest BCUT2D eigenvalue weighted by Gasteiger charge is 2.31. The fourth-order valence-electron chi connectivity index (χ4n) is 3.25. The molecule has 1 aliphatic heterocycles. The highest BCUT2D eigenvalue weighted by Crippen LogP contribution is 2.30.